The highest BCUT2D eigenvalue weighted by Gasteiger charge is 2.11. The van der Waals surface area contributed by atoms with E-state index < -0.39 is 0 Å². The number of rotatable bonds is 5. The van der Waals surface area contributed by atoms with Gasteiger partial charge >= 0.3 is 0 Å². The first-order chi connectivity index (χ1) is 15.0. The van der Waals surface area contributed by atoms with Crippen LogP contribution in [0.5, 0.6) is 0 Å². The van der Waals surface area contributed by atoms with E-state index in [0.29, 0.717) is 23.9 Å². The summed E-state index contributed by atoms with van der Waals surface area (Å²) < 4.78 is 5.92. The van der Waals surface area contributed by atoms with Crippen molar-refractivity contribution in [3.05, 3.63) is 89.5 Å². The molecule has 0 atom stereocenters. The molecule has 0 radical (unpaired) electrons. The number of oxazole rings is 1. The van der Waals surface area contributed by atoms with Crippen LogP contribution in [0.25, 0.3) is 22.6 Å². The van der Waals surface area contributed by atoms with Gasteiger partial charge in [-0.05, 0) is 65.7 Å². The number of amides is 1. The molecular formula is C25H23N3O2S. The Balaban J connectivity index is 1.37. The van der Waals surface area contributed by atoms with Crippen LogP contribution in [-0.4, -0.2) is 16.0 Å². The molecule has 0 aliphatic heterocycles. The fourth-order valence-electron chi connectivity index (χ4n) is 3.18. The van der Waals surface area contributed by atoms with Gasteiger partial charge in [0.05, 0.1) is 0 Å². The summed E-state index contributed by atoms with van der Waals surface area (Å²) in [6.45, 7) is 4.82. The van der Waals surface area contributed by atoms with Crippen LogP contribution >= 0.6 is 12.2 Å². The van der Waals surface area contributed by atoms with Crippen molar-refractivity contribution in [2.24, 2.45) is 0 Å². The van der Waals surface area contributed by atoms with Gasteiger partial charge in [0.1, 0.15) is 5.52 Å². The smallest absolute Gasteiger partial charge is 0.257 e. The molecule has 156 valence electrons. The Bertz CT molecular complexity index is 1210. The zero-order valence-corrected chi connectivity index (χ0v) is 18.2. The van der Waals surface area contributed by atoms with Crippen LogP contribution in [-0.2, 0) is 6.54 Å². The average molecular weight is 430 g/mol. The number of benzene rings is 3. The van der Waals surface area contributed by atoms with E-state index in [9.17, 15) is 4.79 Å². The van der Waals surface area contributed by atoms with Gasteiger partial charge in [-0.25, -0.2) is 4.98 Å². The molecule has 31 heavy (non-hydrogen) atoms. The normalized spacial score (nSPS) is 10.9. The maximum Gasteiger partial charge on any atom is 0.257 e. The fourth-order valence-corrected chi connectivity index (χ4v) is 3.35. The lowest BCUT2D eigenvalue weighted by Crippen LogP contribution is -2.38. The third-order valence-electron chi connectivity index (χ3n) is 5.00. The van der Waals surface area contributed by atoms with E-state index in [1.807, 2.05) is 48.5 Å². The summed E-state index contributed by atoms with van der Waals surface area (Å²) in [5, 5.41) is 6.03. The molecule has 0 fully saturated rings. The number of thiocarbonyl (C=S) groups is 1. The molecule has 3 aromatic carbocycles. The van der Waals surface area contributed by atoms with E-state index in [1.54, 1.807) is 12.1 Å². The van der Waals surface area contributed by atoms with E-state index in [1.165, 1.54) is 5.56 Å². The highest BCUT2D eigenvalue weighted by Crippen LogP contribution is 2.27. The second-order valence-corrected chi connectivity index (χ2v) is 8.01. The molecule has 0 saturated heterocycles. The number of aromatic nitrogens is 1. The van der Waals surface area contributed by atoms with Crippen LogP contribution in [0, 0.1) is 0 Å². The SMILES string of the molecule is CC(C)c1ccc2oc(-c3ccc(CNC(=S)NC(=O)c4ccccc4)cc3)nc2c1. The minimum Gasteiger partial charge on any atom is -0.436 e. The van der Waals surface area contributed by atoms with Crippen molar-refractivity contribution in [1.82, 2.24) is 15.6 Å². The first-order valence-electron chi connectivity index (χ1n) is 10.1. The van der Waals surface area contributed by atoms with Crippen LogP contribution in [0.2, 0.25) is 0 Å². The first kappa shape index (κ1) is 20.8. The lowest BCUT2D eigenvalue weighted by molar-refractivity contribution is 0.0976. The second-order valence-electron chi connectivity index (χ2n) is 7.60. The molecule has 4 aromatic rings. The lowest BCUT2D eigenvalue weighted by atomic mass is 10.0. The minimum atomic E-state index is -0.231. The van der Waals surface area contributed by atoms with Gasteiger partial charge in [0.15, 0.2) is 10.7 Å². The van der Waals surface area contributed by atoms with Crippen molar-refractivity contribution in [2.45, 2.75) is 26.3 Å². The predicted octanol–water partition coefficient (Wildman–Crippen LogP) is 5.42. The second kappa shape index (κ2) is 9.10. The van der Waals surface area contributed by atoms with Gasteiger partial charge in [-0.1, -0.05) is 50.2 Å². The third kappa shape index (κ3) is 4.98. The Labute approximate surface area is 186 Å². The molecule has 4 rings (SSSR count). The van der Waals surface area contributed by atoms with Crippen molar-refractivity contribution >= 4 is 34.3 Å². The summed E-state index contributed by atoms with van der Waals surface area (Å²) in [5.41, 5.74) is 5.39. The summed E-state index contributed by atoms with van der Waals surface area (Å²) in [7, 11) is 0. The molecule has 1 heterocycles. The first-order valence-corrected chi connectivity index (χ1v) is 10.5. The molecule has 1 aromatic heterocycles. The zero-order valence-electron chi connectivity index (χ0n) is 17.4. The summed E-state index contributed by atoms with van der Waals surface area (Å²) in [4.78, 5) is 16.8. The van der Waals surface area contributed by atoms with Crippen LogP contribution < -0.4 is 10.6 Å². The minimum absolute atomic E-state index is 0.231. The number of hydrogen-bond donors (Lipinski definition) is 2. The van der Waals surface area contributed by atoms with E-state index >= 15 is 0 Å². The number of nitrogens with one attached hydrogen (secondary N) is 2. The summed E-state index contributed by atoms with van der Waals surface area (Å²) in [6.07, 6.45) is 0. The number of fused-ring (bicyclic) bond motifs is 1. The topological polar surface area (TPSA) is 67.2 Å². The van der Waals surface area contributed by atoms with Crippen molar-refractivity contribution in [2.75, 3.05) is 0 Å². The van der Waals surface area contributed by atoms with Crippen molar-refractivity contribution in [3.63, 3.8) is 0 Å². The summed E-state index contributed by atoms with van der Waals surface area (Å²) >= 11 is 5.23. The van der Waals surface area contributed by atoms with Gasteiger partial charge < -0.3 is 9.73 Å². The Morgan fingerprint density at radius 2 is 1.77 bits per heavy atom. The molecule has 1 amide bonds. The number of hydrogen-bond acceptors (Lipinski definition) is 4. The average Bonchev–Trinajstić information content (AvgIpc) is 3.22. The number of carbonyl (C=O) groups excluding carboxylic acids is 1. The van der Waals surface area contributed by atoms with Crippen LogP contribution in [0.1, 0.15) is 41.3 Å². The monoisotopic (exact) mass is 429 g/mol. The molecule has 0 unspecified atom stereocenters. The molecule has 0 aliphatic carbocycles. The quantitative estimate of drug-likeness (QED) is 0.415. The molecule has 5 nitrogen and oxygen atoms in total. The summed E-state index contributed by atoms with van der Waals surface area (Å²) in [5.74, 6) is 0.811. The number of nitrogens with zero attached hydrogens (tertiary/aromatic N) is 1. The van der Waals surface area contributed by atoms with Gasteiger partial charge in [0, 0.05) is 17.7 Å². The summed E-state index contributed by atoms with van der Waals surface area (Å²) in [6, 6.07) is 23.0. The maximum atomic E-state index is 12.1. The van der Waals surface area contributed by atoms with Gasteiger partial charge in [-0.2, -0.15) is 0 Å². The molecule has 0 aliphatic rings. The van der Waals surface area contributed by atoms with E-state index in [4.69, 9.17) is 16.6 Å². The Morgan fingerprint density at radius 3 is 2.48 bits per heavy atom. The largest absolute Gasteiger partial charge is 0.436 e. The van der Waals surface area contributed by atoms with Crippen molar-refractivity contribution in [1.29, 1.82) is 0 Å². The highest BCUT2D eigenvalue weighted by molar-refractivity contribution is 7.80. The van der Waals surface area contributed by atoms with Gasteiger partial charge in [-0.15, -0.1) is 0 Å². The van der Waals surface area contributed by atoms with E-state index in [-0.39, 0.29) is 11.0 Å². The maximum absolute atomic E-state index is 12.1. The van der Waals surface area contributed by atoms with Crippen LogP contribution in [0.3, 0.4) is 0 Å². The molecular weight excluding hydrogens is 406 g/mol. The molecule has 2 N–H and O–H groups in total. The van der Waals surface area contributed by atoms with Crippen LogP contribution in [0.15, 0.2) is 77.2 Å². The predicted molar refractivity (Wildman–Crippen MR) is 127 cm³/mol. The molecule has 0 bridgehead atoms. The standard InChI is InChI=1S/C25H23N3O2S/c1-16(2)20-12-13-22-21(14-20)27-24(30-22)19-10-8-17(9-11-19)15-26-25(31)28-23(29)18-6-4-3-5-7-18/h3-14,16H,15H2,1-2H3,(H2,26,28,29,31). The number of carbonyl (C=O) groups is 1. The lowest BCUT2D eigenvalue weighted by Gasteiger charge is -2.10. The van der Waals surface area contributed by atoms with Gasteiger partial charge in [-0.3, -0.25) is 10.1 Å². The fraction of sp³-hybridized carbons (Fsp3) is 0.160. The van der Waals surface area contributed by atoms with Crippen molar-refractivity contribution < 1.29 is 9.21 Å². The molecule has 0 spiro atoms. The zero-order chi connectivity index (χ0) is 21.8. The van der Waals surface area contributed by atoms with Gasteiger partial charge in [0.25, 0.3) is 5.91 Å². The Morgan fingerprint density at radius 1 is 1.03 bits per heavy atom. The molecule has 6 heteroatoms. The highest BCUT2D eigenvalue weighted by atomic mass is 32.1. The van der Waals surface area contributed by atoms with E-state index in [0.717, 1.165) is 22.2 Å². The third-order valence-corrected chi connectivity index (χ3v) is 5.24. The Hall–Kier alpha value is -3.51. The van der Waals surface area contributed by atoms with Gasteiger partial charge in [0.2, 0.25) is 5.89 Å². The van der Waals surface area contributed by atoms with E-state index in [2.05, 4.69) is 41.6 Å². The van der Waals surface area contributed by atoms with Crippen molar-refractivity contribution in [3.8, 4) is 11.5 Å². The molecule has 0 saturated carbocycles. The van der Waals surface area contributed by atoms with Crippen LogP contribution in [0.4, 0.5) is 0 Å². The Kier molecular flexibility index (Phi) is 6.09.